The minimum Gasteiger partial charge on any atom is -0.280 e. The fourth-order valence-electron chi connectivity index (χ4n) is 0.789. The van der Waals surface area contributed by atoms with Gasteiger partial charge in [0.25, 0.3) is 5.12 Å². The van der Waals surface area contributed by atoms with Crippen molar-refractivity contribution >= 4 is 16.9 Å². The first-order chi connectivity index (χ1) is 8.23. The van der Waals surface area contributed by atoms with Gasteiger partial charge in [-0.1, -0.05) is 18.7 Å². The van der Waals surface area contributed by atoms with Crippen LogP contribution in [0.2, 0.25) is 0 Å². The highest BCUT2D eigenvalue weighted by Crippen LogP contribution is 2.54. The maximum atomic E-state index is 12.8. The molecule has 0 atom stereocenters. The number of halogens is 9. The summed E-state index contributed by atoms with van der Waals surface area (Å²) in [6, 6.07) is 0. The molecular weight excluding hydrogens is 315 g/mol. The molecule has 0 aromatic carbocycles. The van der Waals surface area contributed by atoms with Crippen LogP contribution in [-0.2, 0) is 4.79 Å². The van der Waals surface area contributed by atoms with Crippen molar-refractivity contribution in [1.82, 2.24) is 0 Å². The third kappa shape index (κ3) is 3.11. The molecule has 0 saturated carbocycles. The third-order valence-electron chi connectivity index (χ3n) is 1.84. The van der Waals surface area contributed by atoms with Gasteiger partial charge in [0, 0.05) is 5.75 Å². The summed E-state index contributed by atoms with van der Waals surface area (Å²) in [4.78, 5) is 10.7. The van der Waals surface area contributed by atoms with E-state index >= 15 is 0 Å². The van der Waals surface area contributed by atoms with Crippen LogP contribution < -0.4 is 0 Å². The lowest BCUT2D eigenvalue weighted by Crippen LogP contribution is -2.63. The number of hydrogen-bond donors (Lipinski definition) is 0. The quantitative estimate of drug-likeness (QED) is 0.708. The van der Waals surface area contributed by atoms with E-state index in [1.54, 1.807) is 0 Å². The molecule has 1 nitrogen and oxygen atoms in total. The van der Waals surface area contributed by atoms with Crippen molar-refractivity contribution < 1.29 is 44.3 Å². The number of carbonyl (C=O) groups excluding carboxylic acids is 1. The first-order valence-electron chi connectivity index (χ1n) is 4.60. The largest absolute Gasteiger partial charge is 0.460 e. The Morgan fingerprint density at radius 2 is 1.32 bits per heavy atom. The van der Waals surface area contributed by atoms with Crippen LogP contribution in [0.15, 0.2) is 0 Å². The highest BCUT2D eigenvalue weighted by molar-refractivity contribution is 8.13. The molecule has 0 N–H and O–H groups in total. The summed E-state index contributed by atoms with van der Waals surface area (Å²) in [6.45, 7) is 1.36. The third-order valence-corrected chi connectivity index (χ3v) is 2.97. The molecule has 0 aromatic rings. The van der Waals surface area contributed by atoms with E-state index in [-0.39, 0.29) is 6.42 Å². The fourth-order valence-corrected chi connectivity index (χ4v) is 1.49. The number of hydrogen-bond acceptors (Lipinski definition) is 2. The Kier molecular flexibility index (Phi) is 5.23. The molecule has 0 amide bonds. The number of thioether (sulfide) groups is 1. The van der Waals surface area contributed by atoms with Gasteiger partial charge in [0.2, 0.25) is 0 Å². The average molecular weight is 322 g/mol. The van der Waals surface area contributed by atoms with Gasteiger partial charge in [-0.3, -0.25) is 4.79 Å². The summed E-state index contributed by atoms with van der Waals surface area (Å²) in [7, 11) is 0. The second-order valence-corrected chi connectivity index (χ2v) is 4.42. The van der Waals surface area contributed by atoms with Crippen molar-refractivity contribution in [3.05, 3.63) is 0 Å². The van der Waals surface area contributed by atoms with Crippen molar-refractivity contribution in [3.8, 4) is 0 Å². The van der Waals surface area contributed by atoms with Gasteiger partial charge in [0.1, 0.15) is 0 Å². The molecular formula is C8H7F9OS. The highest BCUT2D eigenvalue weighted by Gasteiger charge is 2.83. The van der Waals surface area contributed by atoms with Gasteiger partial charge in [-0.2, -0.15) is 39.5 Å². The molecule has 0 bridgehead atoms. The Labute approximate surface area is 105 Å². The smallest absolute Gasteiger partial charge is 0.280 e. The van der Waals surface area contributed by atoms with Gasteiger partial charge in [-0.15, -0.1) is 0 Å². The molecule has 11 heteroatoms. The number of alkyl halides is 9. The van der Waals surface area contributed by atoms with E-state index in [4.69, 9.17) is 0 Å². The van der Waals surface area contributed by atoms with Crippen LogP contribution in [0.3, 0.4) is 0 Å². The molecule has 0 radical (unpaired) electrons. The number of rotatable bonds is 5. The Hall–Kier alpha value is -0.610. The van der Waals surface area contributed by atoms with Crippen LogP contribution in [-0.4, -0.2) is 34.8 Å². The van der Waals surface area contributed by atoms with E-state index in [0.717, 1.165) is 0 Å². The van der Waals surface area contributed by atoms with Crippen molar-refractivity contribution in [2.45, 2.75) is 37.3 Å². The van der Waals surface area contributed by atoms with Gasteiger partial charge in [-0.05, 0) is 6.42 Å². The topological polar surface area (TPSA) is 17.1 Å². The molecule has 0 rings (SSSR count). The Morgan fingerprint density at radius 3 is 1.63 bits per heavy atom. The average Bonchev–Trinajstić information content (AvgIpc) is 2.23. The molecule has 0 aliphatic carbocycles. The molecule has 0 aliphatic rings. The second-order valence-electron chi connectivity index (χ2n) is 3.36. The van der Waals surface area contributed by atoms with E-state index in [9.17, 15) is 44.3 Å². The molecule has 0 unspecified atom stereocenters. The predicted octanol–water partition coefficient (Wildman–Crippen LogP) is 4.12. The molecule has 114 valence electrons. The van der Waals surface area contributed by atoms with Crippen LogP contribution in [0.25, 0.3) is 0 Å². The summed E-state index contributed by atoms with van der Waals surface area (Å²) in [5, 5.41) is -2.73. The van der Waals surface area contributed by atoms with E-state index in [0.29, 0.717) is 0 Å². The minimum atomic E-state index is -7.02. The molecule has 19 heavy (non-hydrogen) atoms. The molecule has 0 saturated heterocycles. The lowest BCUT2D eigenvalue weighted by atomic mass is 10.1. The normalized spacial score (nSPS) is 14.6. The zero-order chi connectivity index (χ0) is 15.7. The Bertz CT molecular complexity index is 336. The summed E-state index contributed by atoms with van der Waals surface area (Å²) in [6.07, 6.45) is -6.84. The van der Waals surface area contributed by atoms with Crippen LogP contribution >= 0.6 is 11.8 Å². The number of carbonyl (C=O) groups is 1. The minimum absolute atomic E-state index is 0.0632. The van der Waals surface area contributed by atoms with Crippen molar-refractivity contribution in [2.75, 3.05) is 5.75 Å². The zero-order valence-electron chi connectivity index (χ0n) is 9.13. The monoisotopic (exact) mass is 322 g/mol. The standard InChI is InChI=1S/C8H7F9OS/c1-2-3-19-4(18)5(9,10)6(11,12)7(13,14)8(15,16)17/h2-3H2,1H3. The zero-order valence-corrected chi connectivity index (χ0v) is 9.95. The summed E-state index contributed by atoms with van der Waals surface area (Å²) in [5.74, 6) is -20.4. The summed E-state index contributed by atoms with van der Waals surface area (Å²) in [5.41, 5.74) is 0. The van der Waals surface area contributed by atoms with E-state index in [1.807, 2.05) is 0 Å². The van der Waals surface area contributed by atoms with Crippen molar-refractivity contribution in [2.24, 2.45) is 0 Å². The first kappa shape index (κ1) is 18.4. The summed E-state index contributed by atoms with van der Waals surface area (Å²) >= 11 is -0.433. The molecule has 0 heterocycles. The van der Waals surface area contributed by atoms with E-state index in [2.05, 4.69) is 0 Å². The van der Waals surface area contributed by atoms with Gasteiger partial charge in [-0.25, -0.2) is 0 Å². The predicted molar refractivity (Wildman–Crippen MR) is 48.7 cm³/mol. The van der Waals surface area contributed by atoms with E-state index in [1.165, 1.54) is 6.92 Å². The summed E-state index contributed by atoms with van der Waals surface area (Å²) < 4.78 is 111. The van der Waals surface area contributed by atoms with Crippen LogP contribution in [0.4, 0.5) is 39.5 Å². The van der Waals surface area contributed by atoms with Crippen molar-refractivity contribution in [3.63, 3.8) is 0 Å². The van der Waals surface area contributed by atoms with Gasteiger partial charge < -0.3 is 0 Å². The SMILES string of the molecule is CCCSC(=O)C(F)(F)C(F)(F)C(F)(F)C(F)(F)F. The maximum Gasteiger partial charge on any atom is 0.460 e. The molecule has 0 aliphatic heterocycles. The first-order valence-corrected chi connectivity index (χ1v) is 5.59. The lowest BCUT2D eigenvalue weighted by molar-refractivity contribution is -0.387. The Balaban J connectivity index is 5.45. The van der Waals surface area contributed by atoms with Crippen LogP contribution in [0, 0.1) is 0 Å². The highest BCUT2D eigenvalue weighted by atomic mass is 32.2. The van der Waals surface area contributed by atoms with Crippen LogP contribution in [0.5, 0.6) is 0 Å². The maximum absolute atomic E-state index is 12.8. The fraction of sp³-hybridized carbons (Fsp3) is 0.875. The van der Waals surface area contributed by atoms with Crippen LogP contribution in [0.1, 0.15) is 13.3 Å². The Morgan fingerprint density at radius 1 is 0.895 bits per heavy atom. The van der Waals surface area contributed by atoms with Gasteiger partial charge in [0.05, 0.1) is 0 Å². The second kappa shape index (κ2) is 5.41. The van der Waals surface area contributed by atoms with Crippen molar-refractivity contribution in [1.29, 1.82) is 0 Å². The molecule has 0 aromatic heterocycles. The molecule has 0 fully saturated rings. The lowest BCUT2D eigenvalue weighted by Gasteiger charge is -2.32. The van der Waals surface area contributed by atoms with Gasteiger partial charge >= 0.3 is 23.9 Å². The van der Waals surface area contributed by atoms with Gasteiger partial charge in [0.15, 0.2) is 0 Å². The molecule has 0 spiro atoms. The van der Waals surface area contributed by atoms with E-state index < -0.39 is 46.6 Å².